The summed E-state index contributed by atoms with van der Waals surface area (Å²) in [6, 6.07) is 12.2. The maximum Gasteiger partial charge on any atom is 0.209 e. The van der Waals surface area contributed by atoms with Crippen LogP contribution in [0, 0.1) is 5.82 Å². The first-order valence-corrected chi connectivity index (χ1v) is 7.78. The number of fused-ring (bicyclic) bond motifs is 1. The standard InChI is InChI=1S/C16H10BrFO2S/c1-20-16-10(17)6-7-11(18)14(16)15(19)13-8-9-4-2-3-5-12(9)21-13/h2-8H,1H3. The molecular weight excluding hydrogens is 355 g/mol. The van der Waals surface area contributed by atoms with Crippen molar-refractivity contribution in [1.82, 2.24) is 0 Å². The molecule has 0 unspecified atom stereocenters. The van der Waals surface area contributed by atoms with E-state index in [0.29, 0.717) is 9.35 Å². The lowest BCUT2D eigenvalue weighted by Crippen LogP contribution is -2.06. The van der Waals surface area contributed by atoms with Gasteiger partial charge in [-0.3, -0.25) is 4.79 Å². The van der Waals surface area contributed by atoms with Crippen molar-refractivity contribution in [2.45, 2.75) is 0 Å². The molecule has 0 bridgehead atoms. The van der Waals surface area contributed by atoms with Crippen LogP contribution in [0.2, 0.25) is 0 Å². The zero-order chi connectivity index (χ0) is 15.0. The van der Waals surface area contributed by atoms with Gasteiger partial charge in [-0.1, -0.05) is 18.2 Å². The molecule has 0 N–H and O–H groups in total. The van der Waals surface area contributed by atoms with Crippen LogP contribution in [0.4, 0.5) is 4.39 Å². The van der Waals surface area contributed by atoms with Gasteiger partial charge in [-0.15, -0.1) is 11.3 Å². The number of hydrogen-bond acceptors (Lipinski definition) is 3. The fourth-order valence-corrected chi connectivity index (χ4v) is 3.66. The molecule has 0 atom stereocenters. The molecule has 2 aromatic carbocycles. The van der Waals surface area contributed by atoms with Crippen LogP contribution in [0.15, 0.2) is 46.9 Å². The molecule has 0 saturated carbocycles. The van der Waals surface area contributed by atoms with Gasteiger partial charge in [0.15, 0.2) is 0 Å². The Hall–Kier alpha value is -1.72. The lowest BCUT2D eigenvalue weighted by atomic mass is 10.1. The van der Waals surface area contributed by atoms with Crippen LogP contribution >= 0.6 is 27.3 Å². The average molecular weight is 365 g/mol. The summed E-state index contributed by atoms with van der Waals surface area (Å²) in [6.45, 7) is 0. The molecule has 0 aliphatic rings. The molecule has 0 aliphatic heterocycles. The first-order valence-electron chi connectivity index (χ1n) is 6.17. The highest BCUT2D eigenvalue weighted by atomic mass is 79.9. The van der Waals surface area contributed by atoms with Gasteiger partial charge < -0.3 is 4.74 Å². The summed E-state index contributed by atoms with van der Waals surface area (Å²) in [7, 11) is 1.42. The van der Waals surface area contributed by atoms with Crippen LogP contribution in [-0.2, 0) is 0 Å². The number of ether oxygens (including phenoxy) is 1. The number of thiophene rings is 1. The third-order valence-corrected chi connectivity index (χ3v) is 4.88. The first kappa shape index (κ1) is 14.2. The molecule has 3 aromatic rings. The predicted octanol–water partition coefficient (Wildman–Crippen LogP) is 5.04. The van der Waals surface area contributed by atoms with Crippen molar-refractivity contribution >= 4 is 43.1 Å². The zero-order valence-corrected chi connectivity index (χ0v) is 13.4. The van der Waals surface area contributed by atoms with Gasteiger partial charge in [0.05, 0.1) is 16.5 Å². The Labute approximate surface area is 133 Å². The summed E-state index contributed by atoms with van der Waals surface area (Å²) in [4.78, 5) is 13.1. The Kier molecular flexibility index (Phi) is 3.78. The van der Waals surface area contributed by atoms with Crippen molar-refractivity contribution in [2.24, 2.45) is 0 Å². The van der Waals surface area contributed by atoms with E-state index in [-0.39, 0.29) is 17.1 Å². The van der Waals surface area contributed by atoms with E-state index < -0.39 is 5.82 Å². The van der Waals surface area contributed by atoms with E-state index in [1.54, 1.807) is 6.07 Å². The summed E-state index contributed by atoms with van der Waals surface area (Å²) >= 11 is 4.62. The van der Waals surface area contributed by atoms with Crippen molar-refractivity contribution < 1.29 is 13.9 Å². The van der Waals surface area contributed by atoms with Crippen LogP contribution in [0.3, 0.4) is 0 Å². The monoisotopic (exact) mass is 364 g/mol. The predicted molar refractivity (Wildman–Crippen MR) is 85.9 cm³/mol. The van der Waals surface area contributed by atoms with E-state index in [2.05, 4.69) is 15.9 Å². The number of rotatable bonds is 3. The van der Waals surface area contributed by atoms with Crippen molar-refractivity contribution in [3.8, 4) is 5.75 Å². The Morgan fingerprint density at radius 3 is 2.71 bits per heavy atom. The quantitative estimate of drug-likeness (QED) is 0.608. The Morgan fingerprint density at radius 1 is 1.24 bits per heavy atom. The SMILES string of the molecule is COc1c(Br)ccc(F)c1C(=O)c1cc2ccccc2s1. The third kappa shape index (κ3) is 2.47. The number of methoxy groups -OCH3 is 1. The molecular formula is C16H10BrFO2S. The van der Waals surface area contributed by atoms with E-state index in [4.69, 9.17) is 4.74 Å². The van der Waals surface area contributed by atoms with E-state index in [1.165, 1.54) is 30.6 Å². The molecule has 2 nitrogen and oxygen atoms in total. The van der Waals surface area contributed by atoms with Gasteiger partial charge in [0.2, 0.25) is 5.78 Å². The molecule has 0 aliphatic carbocycles. The maximum atomic E-state index is 14.1. The summed E-state index contributed by atoms with van der Waals surface area (Å²) in [6.07, 6.45) is 0. The summed E-state index contributed by atoms with van der Waals surface area (Å²) in [5.74, 6) is -0.734. The van der Waals surface area contributed by atoms with Gasteiger partial charge in [0, 0.05) is 4.70 Å². The number of benzene rings is 2. The van der Waals surface area contributed by atoms with Gasteiger partial charge in [0.25, 0.3) is 0 Å². The van der Waals surface area contributed by atoms with Crippen LogP contribution in [0.5, 0.6) is 5.75 Å². The molecule has 1 aromatic heterocycles. The highest BCUT2D eigenvalue weighted by Crippen LogP contribution is 2.35. The second-order valence-electron chi connectivity index (χ2n) is 4.42. The van der Waals surface area contributed by atoms with Gasteiger partial charge in [-0.2, -0.15) is 0 Å². The molecule has 0 amide bonds. The van der Waals surface area contributed by atoms with E-state index >= 15 is 0 Å². The molecule has 0 fully saturated rings. The van der Waals surface area contributed by atoms with Gasteiger partial charge in [0.1, 0.15) is 17.1 Å². The Balaban J connectivity index is 2.16. The van der Waals surface area contributed by atoms with Gasteiger partial charge >= 0.3 is 0 Å². The minimum Gasteiger partial charge on any atom is -0.495 e. The van der Waals surface area contributed by atoms with Crippen LogP contribution in [-0.4, -0.2) is 12.9 Å². The lowest BCUT2D eigenvalue weighted by molar-refractivity contribution is 0.103. The lowest BCUT2D eigenvalue weighted by Gasteiger charge is -2.09. The Morgan fingerprint density at radius 2 is 2.00 bits per heavy atom. The summed E-state index contributed by atoms with van der Waals surface area (Å²) in [5.41, 5.74) is -0.0431. The van der Waals surface area contributed by atoms with Gasteiger partial charge in [-0.05, 0) is 45.6 Å². The molecule has 3 rings (SSSR count). The number of ketones is 1. The summed E-state index contributed by atoms with van der Waals surface area (Å²) < 4.78 is 20.8. The van der Waals surface area contributed by atoms with Gasteiger partial charge in [-0.25, -0.2) is 4.39 Å². The maximum absolute atomic E-state index is 14.1. The number of carbonyl (C=O) groups excluding carboxylic acids is 1. The van der Waals surface area contributed by atoms with Crippen molar-refractivity contribution in [3.63, 3.8) is 0 Å². The number of halogens is 2. The zero-order valence-electron chi connectivity index (χ0n) is 11.0. The topological polar surface area (TPSA) is 26.3 Å². The first-order chi connectivity index (χ1) is 10.1. The highest BCUT2D eigenvalue weighted by Gasteiger charge is 2.23. The largest absolute Gasteiger partial charge is 0.495 e. The molecule has 106 valence electrons. The Bertz CT molecular complexity index is 808. The van der Waals surface area contributed by atoms with E-state index in [1.807, 2.05) is 24.3 Å². The van der Waals surface area contributed by atoms with E-state index in [9.17, 15) is 9.18 Å². The molecule has 0 spiro atoms. The second-order valence-corrected chi connectivity index (χ2v) is 6.35. The molecule has 1 heterocycles. The fourth-order valence-electron chi connectivity index (χ4n) is 2.16. The van der Waals surface area contributed by atoms with E-state index in [0.717, 1.165) is 10.1 Å². The molecule has 5 heteroatoms. The summed E-state index contributed by atoms with van der Waals surface area (Å²) in [5, 5.41) is 0.972. The second kappa shape index (κ2) is 5.58. The minimum absolute atomic E-state index is 0.0431. The van der Waals surface area contributed by atoms with Crippen molar-refractivity contribution in [3.05, 3.63) is 63.2 Å². The number of hydrogen-bond donors (Lipinski definition) is 0. The minimum atomic E-state index is -0.586. The van der Waals surface area contributed by atoms with Crippen molar-refractivity contribution in [2.75, 3.05) is 7.11 Å². The van der Waals surface area contributed by atoms with Crippen LogP contribution < -0.4 is 4.74 Å². The van der Waals surface area contributed by atoms with Crippen molar-refractivity contribution in [1.29, 1.82) is 0 Å². The van der Waals surface area contributed by atoms with Crippen LogP contribution in [0.25, 0.3) is 10.1 Å². The average Bonchev–Trinajstić information content (AvgIpc) is 2.92. The normalized spacial score (nSPS) is 10.8. The molecule has 21 heavy (non-hydrogen) atoms. The fraction of sp³-hybridized carbons (Fsp3) is 0.0625. The highest BCUT2D eigenvalue weighted by molar-refractivity contribution is 9.10. The smallest absolute Gasteiger partial charge is 0.209 e. The number of carbonyl (C=O) groups is 1. The van der Waals surface area contributed by atoms with Crippen LogP contribution in [0.1, 0.15) is 15.2 Å². The molecule has 0 radical (unpaired) electrons. The molecule has 0 saturated heterocycles. The third-order valence-electron chi connectivity index (χ3n) is 3.14.